The molecule has 0 N–H and O–H groups in total. The lowest BCUT2D eigenvalue weighted by Gasteiger charge is -2.24. The number of aliphatic imine (C=N–C) groups is 1. The highest BCUT2D eigenvalue weighted by atomic mass is 19.4. The number of benzene rings is 1. The van der Waals surface area contributed by atoms with Gasteiger partial charge in [-0.2, -0.15) is 23.1 Å². The van der Waals surface area contributed by atoms with Crippen molar-refractivity contribution in [2.45, 2.75) is 78.1 Å². The maximum absolute atomic E-state index is 13.8. The lowest BCUT2D eigenvalue weighted by Crippen LogP contribution is -2.30. The van der Waals surface area contributed by atoms with E-state index >= 15 is 0 Å². The Balaban J connectivity index is 1.73. The Bertz CT molecular complexity index is 1190. The third kappa shape index (κ3) is 8.69. The zero-order chi connectivity index (χ0) is 28.8. The van der Waals surface area contributed by atoms with E-state index < -0.39 is 29.4 Å². The van der Waals surface area contributed by atoms with Crippen molar-refractivity contribution in [3.05, 3.63) is 29.7 Å². The molecule has 0 aliphatic carbocycles. The molecule has 1 amide bonds. The van der Waals surface area contributed by atoms with Crippen molar-refractivity contribution in [3.63, 3.8) is 0 Å². The molecule has 13 heteroatoms. The van der Waals surface area contributed by atoms with Crippen molar-refractivity contribution in [1.29, 1.82) is 0 Å². The number of hydrogen-bond acceptors (Lipinski definition) is 8. The number of esters is 1. The van der Waals surface area contributed by atoms with Crippen LogP contribution in [-0.4, -0.2) is 58.3 Å². The van der Waals surface area contributed by atoms with Crippen LogP contribution < -0.4 is 4.74 Å². The van der Waals surface area contributed by atoms with Gasteiger partial charge in [-0.3, -0.25) is 4.79 Å². The molecule has 1 aromatic carbocycles. The number of carbonyl (C=O) groups is 2. The van der Waals surface area contributed by atoms with Gasteiger partial charge in [0.05, 0.1) is 18.8 Å². The van der Waals surface area contributed by atoms with Gasteiger partial charge < -0.3 is 23.6 Å². The molecule has 0 radical (unpaired) electrons. The first kappa shape index (κ1) is 29.9. The Labute approximate surface area is 224 Å². The predicted molar refractivity (Wildman–Crippen MR) is 134 cm³/mol. The predicted octanol–water partition coefficient (Wildman–Crippen LogP) is 5.97. The van der Waals surface area contributed by atoms with Crippen molar-refractivity contribution in [1.82, 2.24) is 15.0 Å². The fraction of sp³-hybridized carbons (Fsp3) is 0.577. The first-order valence-corrected chi connectivity index (χ1v) is 12.6. The van der Waals surface area contributed by atoms with E-state index in [2.05, 4.69) is 15.1 Å². The molecule has 2 aromatic rings. The molecule has 1 fully saturated rings. The molecular formula is C26H33F3N4O6. The number of alkyl halides is 3. The Morgan fingerprint density at radius 3 is 2.54 bits per heavy atom. The summed E-state index contributed by atoms with van der Waals surface area (Å²) in [6, 6.07) is 3.19. The van der Waals surface area contributed by atoms with E-state index in [-0.39, 0.29) is 42.3 Å². The maximum atomic E-state index is 13.8. The molecule has 1 aromatic heterocycles. The summed E-state index contributed by atoms with van der Waals surface area (Å²) in [7, 11) is 0. The van der Waals surface area contributed by atoms with E-state index in [9.17, 15) is 22.8 Å². The van der Waals surface area contributed by atoms with Crippen molar-refractivity contribution in [3.8, 4) is 17.1 Å². The molecule has 2 heterocycles. The van der Waals surface area contributed by atoms with Crippen molar-refractivity contribution in [2.75, 3.05) is 19.8 Å². The van der Waals surface area contributed by atoms with Crippen LogP contribution in [0, 0.1) is 0 Å². The Morgan fingerprint density at radius 1 is 1.15 bits per heavy atom. The van der Waals surface area contributed by atoms with Gasteiger partial charge in [-0.25, -0.2) is 4.79 Å². The summed E-state index contributed by atoms with van der Waals surface area (Å²) >= 11 is 0. The smallest absolute Gasteiger partial charge is 0.435 e. The van der Waals surface area contributed by atoms with Gasteiger partial charge in [0.15, 0.2) is 0 Å². The molecule has 1 aliphatic rings. The quantitative estimate of drug-likeness (QED) is 0.168. The fourth-order valence-electron chi connectivity index (χ4n) is 4.00. The van der Waals surface area contributed by atoms with Gasteiger partial charge in [0.25, 0.3) is 0 Å². The van der Waals surface area contributed by atoms with E-state index in [0.717, 1.165) is 12.5 Å². The molecule has 1 aliphatic heterocycles. The van der Waals surface area contributed by atoms with Crippen molar-refractivity contribution in [2.24, 2.45) is 4.99 Å². The monoisotopic (exact) mass is 554 g/mol. The van der Waals surface area contributed by atoms with Crippen molar-refractivity contribution < 1.29 is 41.5 Å². The number of amides is 1. The largest absolute Gasteiger partial charge is 0.493 e. The Kier molecular flexibility index (Phi) is 9.57. The van der Waals surface area contributed by atoms with Crippen LogP contribution >= 0.6 is 0 Å². The number of amidine groups is 1. The number of rotatable bonds is 8. The normalized spacial score (nSPS) is 16.4. The number of likely N-dealkylation sites (tertiary alicyclic amines) is 1. The maximum Gasteiger partial charge on any atom is 0.435 e. The zero-order valence-corrected chi connectivity index (χ0v) is 22.6. The number of carbonyl (C=O) groups excluding carboxylic acids is 2. The van der Waals surface area contributed by atoms with Gasteiger partial charge >= 0.3 is 18.2 Å². The van der Waals surface area contributed by atoms with Gasteiger partial charge in [-0.05, 0) is 71.6 Å². The molecule has 214 valence electrons. The van der Waals surface area contributed by atoms with Crippen LogP contribution in [0.15, 0.2) is 27.7 Å². The molecule has 3 rings (SSSR count). The summed E-state index contributed by atoms with van der Waals surface area (Å²) in [6.07, 6.45) is -3.11. The van der Waals surface area contributed by atoms with Crippen LogP contribution in [0.2, 0.25) is 0 Å². The first-order chi connectivity index (χ1) is 18.2. The summed E-state index contributed by atoms with van der Waals surface area (Å²) in [5.74, 6) is -0.112. The fourth-order valence-corrected chi connectivity index (χ4v) is 4.00. The molecule has 1 atom stereocenters. The van der Waals surface area contributed by atoms with Crippen LogP contribution in [0.25, 0.3) is 11.4 Å². The minimum atomic E-state index is -4.67. The minimum Gasteiger partial charge on any atom is -0.493 e. The third-order valence-corrected chi connectivity index (χ3v) is 5.69. The SMILES string of the molecule is CC(=O)OCCCCOc1ccc(-c2noc([C@@H]3CCCN3C(C)=NC(=O)OC(C)(C)C)n2)cc1C(F)(F)F. The Morgan fingerprint density at radius 2 is 1.87 bits per heavy atom. The average Bonchev–Trinajstić information content (AvgIpc) is 3.49. The second-order valence-electron chi connectivity index (χ2n) is 10.1. The number of unbranched alkanes of at least 4 members (excludes halogenated alkanes) is 1. The van der Waals surface area contributed by atoms with Gasteiger partial charge in [0, 0.05) is 19.0 Å². The van der Waals surface area contributed by atoms with E-state index in [1.165, 1.54) is 19.1 Å². The molecule has 1 saturated heterocycles. The van der Waals surface area contributed by atoms with E-state index in [1.54, 1.807) is 27.7 Å². The highest BCUT2D eigenvalue weighted by Crippen LogP contribution is 2.39. The molecule has 0 spiro atoms. The second kappa shape index (κ2) is 12.5. The van der Waals surface area contributed by atoms with Gasteiger partial charge in [0.2, 0.25) is 11.7 Å². The van der Waals surface area contributed by atoms with Crippen LogP contribution in [0.3, 0.4) is 0 Å². The average molecular weight is 555 g/mol. The summed E-state index contributed by atoms with van der Waals surface area (Å²) in [4.78, 5) is 33.1. The highest BCUT2D eigenvalue weighted by Gasteiger charge is 2.36. The van der Waals surface area contributed by atoms with E-state index in [0.29, 0.717) is 31.6 Å². The van der Waals surface area contributed by atoms with Gasteiger partial charge in [-0.15, -0.1) is 0 Å². The molecule has 0 unspecified atom stereocenters. The lowest BCUT2D eigenvalue weighted by atomic mass is 10.1. The Hall–Kier alpha value is -3.64. The third-order valence-electron chi connectivity index (χ3n) is 5.69. The number of aromatic nitrogens is 2. The summed E-state index contributed by atoms with van der Waals surface area (Å²) in [5, 5.41) is 3.90. The van der Waals surface area contributed by atoms with Crippen LogP contribution in [-0.2, 0) is 20.4 Å². The summed E-state index contributed by atoms with van der Waals surface area (Å²) < 4.78 is 62.2. The summed E-state index contributed by atoms with van der Waals surface area (Å²) in [6.45, 7) is 8.97. The van der Waals surface area contributed by atoms with Gasteiger partial charge in [-0.1, -0.05) is 5.16 Å². The zero-order valence-electron chi connectivity index (χ0n) is 22.6. The van der Waals surface area contributed by atoms with Crippen LogP contribution in [0.4, 0.5) is 18.0 Å². The van der Waals surface area contributed by atoms with Crippen LogP contribution in [0.5, 0.6) is 5.75 Å². The lowest BCUT2D eigenvalue weighted by molar-refractivity contribution is -0.141. The molecule has 0 saturated carbocycles. The number of hydrogen-bond donors (Lipinski definition) is 0. The van der Waals surface area contributed by atoms with E-state index in [4.69, 9.17) is 18.7 Å². The number of halogens is 3. The topological polar surface area (TPSA) is 116 Å². The molecule has 0 bridgehead atoms. The molecular weight excluding hydrogens is 521 g/mol. The molecule has 10 nitrogen and oxygen atoms in total. The van der Waals surface area contributed by atoms with Gasteiger partial charge in [0.1, 0.15) is 23.2 Å². The highest BCUT2D eigenvalue weighted by molar-refractivity contribution is 5.90. The second-order valence-corrected chi connectivity index (χ2v) is 10.1. The first-order valence-electron chi connectivity index (χ1n) is 12.6. The number of nitrogens with zero attached hydrogens (tertiary/aromatic N) is 4. The minimum absolute atomic E-state index is 0.00276. The number of ether oxygens (including phenoxy) is 3. The molecule has 39 heavy (non-hydrogen) atoms. The standard InChI is InChI=1S/C26H33F3N4O6/c1-16(30-24(35)38-25(3,4)5)33-12-8-9-20(33)23-31-22(32-39-23)18-10-11-21(19(15-18)26(27,28)29)37-14-7-6-13-36-17(2)34/h10-11,15,20H,6-9,12-14H2,1-5H3/t20-/m0/s1. The van der Waals surface area contributed by atoms with E-state index in [1.807, 2.05) is 4.90 Å². The summed E-state index contributed by atoms with van der Waals surface area (Å²) in [5.41, 5.74) is -1.54. The van der Waals surface area contributed by atoms with Crippen LogP contribution in [0.1, 0.15) is 77.8 Å². The van der Waals surface area contributed by atoms with Crippen molar-refractivity contribution >= 4 is 17.9 Å².